The first-order valence-electron chi connectivity index (χ1n) is 3.21. The van der Waals surface area contributed by atoms with Gasteiger partial charge in [-0.1, -0.05) is 6.92 Å². The minimum Gasteiger partial charge on any atom is -0.497 e. The van der Waals surface area contributed by atoms with Gasteiger partial charge in [0.05, 0.1) is 18.3 Å². The predicted octanol–water partition coefficient (Wildman–Crippen LogP) is 1.56. The van der Waals surface area contributed by atoms with E-state index in [1.807, 2.05) is 0 Å². The third-order valence-corrected chi connectivity index (χ3v) is 1.96. The molecule has 2 rings (SSSR count). The van der Waals surface area contributed by atoms with E-state index in [4.69, 9.17) is 4.74 Å². The molecular formula is C7H10O. The van der Waals surface area contributed by atoms with Crippen LogP contribution in [0.3, 0.4) is 0 Å². The van der Waals surface area contributed by atoms with Crippen molar-refractivity contribution in [2.75, 3.05) is 6.61 Å². The maximum atomic E-state index is 5.19. The fourth-order valence-corrected chi connectivity index (χ4v) is 1.46. The zero-order valence-corrected chi connectivity index (χ0v) is 5.05. The van der Waals surface area contributed by atoms with Gasteiger partial charge < -0.3 is 4.74 Å². The minimum absolute atomic E-state index is 0.775. The van der Waals surface area contributed by atoms with E-state index in [1.54, 1.807) is 0 Å². The number of fused-ring (bicyclic) bond motifs is 1. The zero-order chi connectivity index (χ0) is 5.56. The molecule has 0 aromatic heterocycles. The lowest BCUT2D eigenvalue weighted by molar-refractivity contribution is 0.0544. The van der Waals surface area contributed by atoms with E-state index >= 15 is 0 Å². The molecular weight excluding hydrogens is 100 g/mol. The van der Waals surface area contributed by atoms with Crippen molar-refractivity contribution in [1.82, 2.24) is 0 Å². The quantitative estimate of drug-likeness (QED) is 0.459. The van der Waals surface area contributed by atoms with Crippen LogP contribution in [0, 0.1) is 11.8 Å². The summed E-state index contributed by atoms with van der Waals surface area (Å²) in [5, 5.41) is 0. The first-order chi connectivity index (χ1) is 3.86. The van der Waals surface area contributed by atoms with E-state index in [2.05, 4.69) is 13.0 Å². The topological polar surface area (TPSA) is 9.23 Å². The lowest BCUT2D eigenvalue weighted by Crippen LogP contribution is -2.21. The van der Waals surface area contributed by atoms with E-state index in [1.165, 1.54) is 12.2 Å². The molecule has 1 aliphatic carbocycles. The van der Waals surface area contributed by atoms with Crippen LogP contribution in [0.4, 0.5) is 0 Å². The summed E-state index contributed by atoms with van der Waals surface area (Å²) < 4.78 is 5.19. The van der Waals surface area contributed by atoms with E-state index < -0.39 is 0 Å². The second kappa shape index (κ2) is 1.28. The van der Waals surface area contributed by atoms with Crippen LogP contribution in [-0.4, -0.2) is 6.61 Å². The normalized spacial score (nSPS) is 41.9. The monoisotopic (exact) mass is 110 g/mol. The van der Waals surface area contributed by atoms with Crippen LogP contribution in [0.25, 0.3) is 0 Å². The van der Waals surface area contributed by atoms with E-state index in [9.17, 15) is 0 Å². The van der Waals surface area contributed by atoms with Crippen LogP contribution in [0.2, 0.25) is 0 Å². The van der Waals surface area contributed by atoms with Gasteiger partial charge in [-0.2, -0.15) is 0 Å². The molecule has 2 unspecified atom stereocenters. The van der Waals surface area contributed by atoms with Crippen LogP contribution in [-0.2, 0) is 4.74 Å². The van der Waals surface area contributed by atoms with Crippen LogP contribution in [0.1, 0.15) is 13.3 Å². The Morgan fingerprint density at radius 1 is 1.75 bits per heavy atom. The zero-order valence-electron chi connectivity index (χ0n) is 5.05. The van der Waals surface area contributed by atoms with Gasteiger partial charge in [-0.25, -0.2) is 0 Å². The Labute approximate surface area is 49.3 Å². The summed E-state index contributed by atoms with van der Waals surface area (Å²) in [7, 11) is 0. The van der Waals surface area contributed by atoms with Gasteiger partial charge >= 0.3 is 0 Å². The first-order valence-corrected chi connectivity index (χ1v) is 3.21. The van der Waals surface area contributed by atoms with Crippen molar-refractivity contribution >= 4 is 0 Å². The average Bonchev–Trinajstić information content (AvgIpc) is 1.91. The van der Waals surface area contributed by atoms with Crippen molar-refractivity contribution in [2.24, 2.45) is 11.8 Å². The molecule has 0 radical (unpaired) electrons. The summed E-state index contributed by atoms with van der Waals surface area (Å²) in [6, 6.07) is 0. The van der Waals surface area contributed by atoms with Gasteiger partial charge in [-0.15, -0.1) is 0 Å². The van der Waals surface area contributed by atoms with Crippen molar-refractivity contribution < 1.29 is 4.74 Å². The highest BCUT2D eigenvalue weighted by Gasteiger charge is 2.32. The fourth-order valence-electron chi connectivity index (χ4n) is 1.46. The number of rotatable bonds is 0. The van der Waals surface area contributed by atoms with Crippen molar-refractivity contribution in [3.8, 4) is 0 Å². The molecule has 1 fully saturated rings. The summed E-state index contributed by atoms with van der Waals surface area (Å²) in [5.74, 6) is 2.85. The third kappa shape index (κ3) is 0.417. The van der Waals surface area contributed by atoms with Crippen LogP contribution in [0.15, 0.2) is 11.8 Å². The molecule has 1 nitrogen and oxygen atoms in total. The molecule has 1 heterocycles. The minimum atomic E-state index is 0.775. The van der Waals surface area contributed by atoms with Crippen LogP contribution >= 0.6 is 0 Å². The van der Waals surface area contributed by atoms with Gasteiger partial charge in [0, 0.05) is 0 Å². The molecule has 0 spiro atoms. The van der Waals surface area contributed by atoms with Crippen LogP contribution < -0.4 is 0 Å². The van der Waals surface area contributed by atoms with E-state index in [0.717, 1.165) is 18.4 Å². The fraction of sp³-hybridized carbons (Fsp3) is 0.714. The van der Waals surface area contributed by atoms with Crippen molar-refractivity contribution in [3.63, 3.8) is 0 Å². The third-order valence-electron chi connectivity index (χ3n) is 1.96. The number of hydrogen-bond acceptors (Lipinski definition) is 1. The maximum absolute atomic E-state index is 5.19. The smallest absolute Gasteiger partial charge is 0.0988 e. The summed E-state index contributed by atoms with van der Waals surface area (Å²) in [6.45, 7) is 3.23. The van der Waals surface area contributed by atoms with Gasteiger partial charge in [0.15, 0.2) is 0 Å². The van der Waals surface area contributed by atoms with Gasteiger partial charge in [-0.05, 0) is 18.4 Å². The Kier molecular flexibility index (Phi) is 0.706. The Bertz CT molecular complexity index is 137. The highest BCUT2D eigenvalue weighted by Crippen LogP contribution is 2.37. The molecule has 2 aliphatic rings. The first kappa shape index (κ1) is 4.42. The molecule has 1 aliphatic heterocycles. The Morgan fingerprint density at radius 2 is 2.62 bits per heavy atom. The van der Waals surface area contributed by atoms with Crippen LogP contribution in [0.5, 0.6) is 0 Å². The highest BCUT2D eigenvalue weighted by molar-refractivity contribution is 5.13. The number of hydrogen-bond donors (Lipinski definition) is 0. The molecule has 2 atom stereocenters. The Morgan fingerprint density at radius 3 is 2.88 bits per heavy atom. The summed E-state index contributed by atoms with van der Waals surface area (Å²) in [5.41, 5.74) is 0. The molecule has 0 aromatic rings. The lowest BCUT2D eigenvalue weighted by atomic mass is 10.0. The van der Waals surface area contributed by atoms with E-state index in [-0.39, 0.29) is 0 Å². The number of allylic oxidation sites excluding steroid dienone is 1. The summed E-state index contributed by atoms with van der Waals surface area (Å²) in [4.78, 5) is 0. The second-order valence-corrected chi connectivity index (χ2v) is 2.79. The molecule has 0 saturated carbocycles. The summed E-state index contributed by atoms with van der Waals surface area (Å²) in [6.07, 6.45) is 3.57. The largest absolute Gasteiger partial charge is 0.497 e. The molecule has 0 aromatic carbocycles. The Hall–Kier alpha value is -0.460. The molecule has 1 saturated heterocycles. The van der Waals surface area contributed by atoms with E-state index in [0.29, 0.717) is 0 Å². The van der Waals surface area contributed by atoms with Gasteiger partial charge in [0.2, 0.25) is 0 Å². The average molecular weight is 110 g/mol. The molecule has 44 valence electrons. The molecule has 8 heavy (non-hydrogen) atoms. The second-order valence-electron chi connectivity index (χ2n) is 2.79. The van der Waals surface area contributed by atoms with Gasteiger partial charge in [0.25, 0.3) is 0 Å². The van der Waals surface area contributed by atoms with Gasteiger partial charge in [-0.3, -0.25) is 0 Å². The molecule has 1 heteroatoms. The van der Waals surface area contributed by atoms with Crippen molar-refractivity contribution in [1.29, 1.82) is 0 Å². The SMILES string of the molecule is CC1C=C2OCC2C1. The van der Waals surface area contributed by atoms with Crippen molar-refractivity contribution in [2.45, 2.75) is 13.3 Å². The molecule has 0 bridgehead atoms. The lowest BCUT2D eigenvalue weighted by Gasteiger charge is -2.25. The molecule has 0 amide bonds. The Balaban J connectivity index is 2.17. The predicted molar refractivity (Wildman–Crippen MR) is 31.3 cm³/mol. The van der Waals surface area contributed by atoms with Crippen molar-refractivity contribution in [3.05, 3.63) is 11.8 Å². The number of ether oxygens (including phenoxy) is 1. The highest BCUT2D eigenvalue weighted by atomic mass is 16.5. The maximum Gasteiger partial charge on any atom is 0.0988 e. The molecule has 0 N–H and O–H groups in total. The summed E-state index contributed by atoms with van der Waals surface area (Å²) >= 11 is 0. The standard InChI is InChI=1S/C7H10O/c1-5-2-6-4-8-7(6)3-5/h3,5-6H,2,4H2,1H3. The van der Waals surface area contributed by atoms with Gasteiger partial charge in [0.1, 0.15) is 0 Å².